The van der Waals surface area contributed by atoms with E-state index in [9.17, 15) is 0 Å². The van der Waals surface area contributed by atoms with Crippen molar-refractivity contribution in [2.24, 2.45) is 10.7 Å². The molecule has 0 atom stereocenters. The van der Waals surface area contributed by atoms with Gasteiger partial charge in [0.2, 0.25) is 0 Å². The summed E-state index contributed by atoms with van der Waals surface area (Å²) in [5, 5.41) is 11.6. The number of nitriles is 1. The van der Waals surface area contributed by atoms with E-state index in [2.05, 4.69) is 10.3 Å². The molecule has 0 radical (unpaired) electrons. The molecule has 0 bridgehead atoms. The van der Waals surface area contributed by atoms with E-state index in [1.807, 2.05) is 6.19 Å². The Labute approximate surface area is 127 Å². The molecule has 0 saturated carbocycles. The van der Waals surface area contributed by atoms with Gasteiger partial charge in [0.25, 0.3) is 0 Å². The van der Waals surface area contributed by atoms with Crippen LogP contribution in [0.25, 0.3) is 0 Å². The number of nitrogens with one attached hydrogen (secondary N) is 1. The second-order valence-electron chi connectivity index (χ2n) is 3.45. The quantitative estimate of drug-likeness (QED) is 0.288. The van der Waals surface area contributed by atoms with Gasteiger partial charge >= 0.3 is 0 Å². The first kappa shape index (κ1) is 16.1. The van der Waals surface area contributed by atoms with E-state index in [0.29, 0.717) is 27.9 Å². The van der Waals surface area contributed by atoms with Crippen LogP contribution in [0.15, 0.2) is 17.1 Å². The second-order valence-corrected chi connectivity index (χ2v) is 4.68. The zero-order valence-corrected chi connectivity index (χ0v) is 12.9. The van der Waals surface area contributed by atoms with Gasteiger partial charge < -0.3 is 15.2 Å². The molecule has 0 saturated heterocycles. The van der Waals surface area contributed by atoms with Gasteiger partial charge in [-0.1, -0.05) is 24.0 Å². The Morgan fingerprint density at radius 2 is 2.00 bits per heavy atom. The van der Waals surface area contributed by atoms with Crippen LogP contribution in [0.1, 0.15) is 5.56 Å². The van der Waals surface area contributed by atoms with Crippen molar-refractivity contribution in [1.82, 2.24) is 5.32 Å². The second kappa shape index (κ2) is 7.57. The van der Waals surface area contributed by atoms with Crippen molar-refractivity contribution in [3.8, 4) is 17.7 Å². The Hall–Kier alpha value is -1.98. The number of rotatable bonds is 4. The van der Waals surface area contributed by atoms with E-state index in [0.717, 1.165) is 0 Å². The van der Waals surface area contributed by atoms with Gasteiger partial charge in [-0.15, -0.1) is 0 Å². The smallest absolute Gasteiger partial charge is 0.183 e. The zero-order valence-electron chi connectivity index (χ0n) is 11.3. The number of nitrogens with two attached hydrogens (primary N) is 1. The minimum Gasteiger partial charge on any atom is -0.493 e. The lowest BCUT2D eigenvalue weighted by atomic mass is 10.1. The maximum absolute atomic E-state index is 8.66. The molecule has 0 heterocycles. The fourth-order valence-corrected chi connectivity index (χ4v) is 1.94. The molecule has 0 fully saturated rings. The van der Waals surface area contributed by atoms with Crippen molar-refractivity contribution >= 4 is 39.8 Å². The molecule has 1 aromatic carbocycles. The van der Waals surface area contributed by atoms with Crippen LogP contribution in [0.4, 0.5) is 5.69 Å². The summed E-state index contributed by atoms with van der Waals surface area (Å²) in [5.74, 6) is 1.01. The first-order valence-electron chi connectivity index (χ1n) is 5.41. The summed E-state index contributed by atoms with van der Waals surface area (Å²) in [6.45, 7) is 0. The maximum Gasteiger partial charge on any atom is 0.183 e. The Morgan fingerprint density at radius 3 is 2.45 bits per heavy atom. The summed E-state index contributed by atoms with van der Waals surface area (Å²) in [6.07, 6.45) is 3.61. The van der Waals surface area contributed by atoms with Gasteiger partial charge in [-0.2, -0.15) is 5.26 Å². The summed E-state index contributed by atoms with van der Waals surface area (Å²) >= 11 is 6.30. The van der Waals surface area contributed by atoms with E-state index < -0.39 is 0 Å². The number of aliphatic imine (C=N–C) groups is 1. The van der Waals surface area contributed by atoms with Gasteiger partial charge in [-0.05, 0) is 12.3 Å². The fourth-order valence-electron chi connectivity index (χ4n) is 1.44. The molecule has 0 amide bonds. The summed E-state index contributed by atoms with van der Waals surface area (Å²) in [4.78, 5) is 4.50. The third-order valence-corrected chi connectivity index (χ3v) is 3.15. The molecule has 0 spiro atoms. The van der Waals surface area contributed by atoms with Crippen LogP contribution >= 0.6 is 24.0 Å². The molecule has 1 aromatic rings. The highest BCUT2D eigenvalue weighted by atomic mass is 32.2. The van der Waals surface area contributed by atoms with E-state index >= 15 is 0 Å². The van der Waals surface area contributed by atoms with Crippen LogP contribution in [-0.2, 0) is 0 Å². The normalized spacial score (nSPS) is 10.6. The van der Waals surface area contributed by atoms with Gasteiger partial charge in [-0.3, -0.25) is 5.32 Å². The van der Waals surface area contributed by atoms with Gasteiger partial charge in [0, 0.05) is 11.6 Å². The van der Waals surface area contributed by atoms with Crippen LogP contribution in [0.2, 0.25) is 0 Å². The molecule has 8 heteroatoms. The Kier molecular flexibility index (Phi) is 6.09. The van der Waals surface area contributed by atoms with Gasteiger partial charge in [0.15, 0.2) is 22.9 Å². The predicted octanol–water partition coefficient (Wildman–Crippen LogP) is 1.76. The number of ether oxygens (including phenoxy) is 2. The van der Waals surface area contributed by atoms with E-state index in [1.165, 1.54) is 26.0 Å². The third kappa shape index (κ3) is 3.76. The van der Waals surface area contributed by atoms with E-state index in [4.69, 9.17) is 32.7 Å². The molecular weight excluding hydrogens is 296 g/mol. The van der Waals surface area contributed by atoms with E-state index in [-0.39, 0.29) is 4.99 Å². The first-order valence-corrected chi connectivity index (χ1v) is 7.04. The minimum atomic E-state index is 0.183. The van der Waals surface area contributed by atoms with Crippen molar-refractivity contribution in [3.05, 3.63) is 17.7 Å². The Morgan fingerprint density at radius 1 is 1.40 bits per heavy atom. The molecule has 0 unspecified atom stereocenters. The predicted molar refractivity (Wildman–Crippen MR) is 84.8 cm³/mol. The summed E-state index contributed by atoms with van der Waals surface area (Å²) in [5.41, 5.74) is 6.74. The number of nitrogens with zero attached hydrogens (tertiary/aromatic N) is 2. The fraction of sp³-hybridized carbons (Fsp3) is 0.250. The number of hydrogen-bond donors (Lipinski definition) is 2. The molecule has 3 N–H and O–H groups in total. The van der Waals surface area contributed by atoms with Crippen molar-refractivity contribution in [2.75, 3.05) is 20.5 Å². The summed E-state index contributed by atoms with van der Waals surface area (Å²) < 4.78 is 10.4. The van der Waals surface area contributed by atoms with Gasteiger partial charge in [0.1, 0.15) is 4.99 Å². The SMILES string of the molecule is COc1cc(N=C(NC#N)SC)c(C(N)=S)cc1OC. The van der Waals surface area contributed by atoms with Crippen molar-refractivity contribution in [2.45, 2.75) is 0 Å². The summed E-state index contributed by atoms with van der Waals surface area (Å²) in [7, 11) is 3.05. The van der Waals surface area contributed by atoms with Crippen molar-refractivity contribution in [3.63, 3.8) is 0 Å². The molecular formula is C12H14N4O2S2. The molecule has 0 aliphatic rings. The molecule has 20 heavy (non-hydrogen) atoms. The van der Waals surface area contributed by atoms with Gasteiger partial charge in [0.05, 0.1) is 19.9 Å². The monoisotopic (exact) mass is 310 g/mol. The average Bonchev–Trinajstić information content (AvgIpc) is 2.45. The molecule has 0 aliphatic carbocycles. The van der Waals surface area contributed by atoms with Crippen LogP contribution in [-0.4, -0.2) is 30.6 Å². The summed E-state index contributed by atoms with van der Waals surface area (Å²) in [6, 6.07) is 3.31. The Balaban J connectivity index is 3.43. The first-order chi connectivity index (χ1) is 9.57. The lowest BCUT2D eigenvalue weighted by Gasteiger charge is -2.12. The number of thiocarbonyl (C=S) groups is 1. The maximum atomic E-state index is 8.66. The van der Waals surface area contributed by atoms with Crippen molar-refractivity contribution < 1.29 is 9.47 Å². The lowest BCUT2D eigenvalue weighted by Crippen LogP contribution is -2.14. The number of amidine groups is 1. The largest absolute Gasteiger partial charge is 0.493 e. The van der Waals surface area contributed by atoms with E-state index in [1.54, 1.807) is 18.4 Å². The number of benzene rings is 1. The highest BCUT2D eigenvalue weighted by Gasteiger charge is 2.13. The highest BCUT2D eigenvalue weighted by molar-refractivity contribution is 8.13. The van der Waals surface area contributed by atoms with Crippen LogP contribution < -0.4 is 20.5 Å². The number of hydrogen-bond acceptors (Lipinski definition) is 6. The molecule has 1 rings (SSSR count). The highest BCUT2D eigenvalue weighted by Crippen LogP contribution is 2.35. The van der Waals surface area contributed by atoms with Crippen LogP contribution in [0.3, 0.4) is 0 Å². The standard InChI is InChI=1S/C12H14N4O2S2/c1-17-9-4-7(11(14)19)8(5-10(9)18-2)16-12(20-3)15-6-13/h4-5H,1-3H3,(H2,14,19)(H,15,16). The zero-order chi connectivity index (χ0) is 15.1. The van der Waals surface area contributed by atoms with Crippen LogP contribution in [0, 0.1) is 11.5 Å². The Bertz CT molecular complexity index is 582. The molecule has 106 valence electrons. The number of thioether (sulfide) groups is 1. The lowest BCUT2D eigenvalue weighted by molar-refractivity contribution is 0.355. The third-order valence-electron chi connectivity index (χ3n) is 2.35. The molecule has 0 aliphatic heterocycles. The topological polar surface area (TPSA) is 92.7 Å². The number of methoxy groups -OCH3 is 2. The van der Waals surface area contributed by atoms with Gasteiger partial charge in [-0.25, -0.2) is 4.99 Å². The molecule has 6 nitrogen and oxygen atoms in total. The average molecular weight is 310 g/mol. The van der Waals surface area contributed by atoms with Crippen molar-refractivity contribution in [1.29, 1.82) is 5.26 Å². The van der Waals surface area contributed by atoms with Crippen LogP contribution in [0.5, 0.6) is 11.5 Å². The molecule has 0 aromatic heterocycles. The minimum absolute atomic E-state index is 0.183.